The number of hydrogen-bond acceptors (Lipinski definition) is 2. The molecule has 0 saturated carbocycles. The first-order valence-electron chi connectivity index (χ1n) is 5.13. The maximum atomic E-state index is 10.6. The van der Waals surface area contributed by atoms with E-state index in [1.807, 2.05) is 0 Å². The number of likely N-dealkylation sites (tertiary alicyclic amines) is 1. The van der Waals surface area contributed by atoms with Crippen LogP contribution in [-0.2, 0) is 4.79 Å². The van der Waals surface area contributed by atoms with Crippen LogP contribution in [0.1, 0.15) is 32.1 Å². The van der Waals surface area contributed by atoms with Gasteiger partial charge in [-0.1, -0.05) is 0 Å². The van der Waals surface area contributed by atoms with Gasteiger partial charge < -0.3 is 5.11 Å². The van der Waals surface area contributed by atoms with E-state index in [2.05, 4.69) is 10.8 Å². The summed E-state index contributed by atoms with van der Waals surface area (Å²) < 4.78 is 0. The third kappa shape index (κ3) is 3.39. The van der Waals surface area contributed by atoms with E-state index in [-0.39, 0.29) is 12.5 Å². The van der Waals surface area contributed by atoms with Gasteiger partial charge in [-0.3, -0.25) is 9.69 Å². The number of unbranched alkanes of at least 4 members (excludes halogenated alkanes) is 1. The number of nitrogens with zero attached hydrogens (tertiary/aromatic N) is 1. The zero-order valence-corrected chi connectivity index (χ0v) is 8.41. The Balaban J connectivity index is 2.28. The van der Waals surface area contributed by atoms with Gasteiger partial charge in [0.05, 0.1) is 6.42 Å². The minimum Gasteiger partial charge on any atom is -0.481 e. The number of rotatable bonds is 5. The maximum Gasteiger partial charge on any atom is 0.304 e. The van der Waals surface area contributed by atoms with Crippen LogP contribution in [0.3, 0.4) is 0 Å². The monoisotopic (exact) mass is 195 g/mol. The van der Waals surface area contributed by atoms with Crippen molar-refractivity contribution in [2.75, 3.05) is 13.1 Å². The third-order valence-electron chi connectivity index (χ3n) is 2.68. The largest absolute Gasteiger partial charge is 0.481 e. The van der Waals surface area contributed by atoms with Crippen molar-refractivity contribution in [3.05, 3.63) is 0 Å². The lowest BCUT2D eigenvalue weighted by atomic mass is 10.1. The molecule has 3 nitrogen and oxygen atoms in total. The van der Waals surface area contributed by atoms with Crippen molar-refractivity contribution in [3.8, 4) is 12.3 Å². The van der Waals surface area contributed by atoms with Crippen molar-refractivity contribution < 1.29 is 9.90 Å². The fourth-order valence-electron chi connectivity index (χ4n) is 2.01. The molecule has 1 fully saturated rings. The molecule has 0 aromatic rings. The predicted octanol–water partition coefficient (Wildman–Crippen LogP) is 1.34. The number of terminal acetylenes is 1. The van der Waals surface area contributed by atoms with Crippen LogP contribution in [-0.4, -0.2) is 35.1 Å². The molecule has 0 bridgehead atoms. The van der Waals surface area contributed by atoms with Gasteiger partial charge in [0.1, 0.15) is 0 Å². The van der Waals surface area contributed by atoms with Gasteiger partial charge in [0.25, 0.3) is 0 Å². The summed E-state index contributed by atoms with van der Waals surface area (Å²) in [5, 5.41) is 8.70. The molecule has 0 aromatic heterocycles. The highest BCUT2D eigenvalue weighted by molar-refractivity contribution is 5.67. The summed E-state index contributed by atoms with van der Waals surface area (Å²) in [5.41, 5.74) is 0. The molecule has 1 saturated heterocycles. The van der Waals surface area contributed by atoms with Crippen LogP contribution >= 0.6 is 0 Å². The van der Waals surface area contributed by atoms with Crippen LogP contribution in [0.4, 0.5) is 0 Å². The minimum absolute atomic E-state index is 0.241. The molecule has 0 radical (unpaired) electrons. The van der Waals surface area contributed by atoms with Crippen LogP contribution < -0.4 is 0 Å². The summed E-state index contributed by atoms with van der Waals surface area (Å²) >= 11 is 0. The van der Waals surface area contributed by atoms with E-state index in [0.717, 1.165) is 38.8 Å². The van der Waals surface area contributed by atoms with Crippen molar-refractivity contribution >= 4 is 5.97 Å². The normalized spacial score (nSPS) is 22.1. The zero-order chi connectivity index (χ0) is 10.4. The molecule has 14 heavy (non-hydrogen) atoms. The van der Waals surface area contributed by atoms with Crippen LogP contribution in [0.5, 0.6) is 0 Å². The van der Waals surface area contributed by atoms with Crippen LogP contribution in [0.25, 0.3) is 0 Å². The second kappa shape index (κ2) is 5.66. The number of carboxylic acids is 1. The van der Waals surface area contributed by atoms with Crippen molar-refractivity contribution in [2.45, 2.75) is 38.1 Å². The van der Waals surface area contributed by atoms with Crippen LogP contribution in [0, 0.1) is 12.3 Å². The molecule has 1 N–H and O–H groups in total. The van der Waals surface area contributed by atoms with Crippen LogP contribution in [0.2, 0.25) is 0 Å². The maximum absolute atomic E-state index is 10.6. The van der Waals surface area contributed by atoms with E-state index >= 15 is 0 Å². The summed E-state index contributed by atoms with van der Waals surface area (Å²) in [6.07, 6.45) is 9.34. The van der Waals surface area contributed by atoms with Gasteiger partial charge >= 0.3 is 5.97 Å². The lowest BCUT2D eigenvalue weighted by molar-refractivity contribution is -0.138. The molecular weight excluding hydrogens is 178 g/mol. The summed E-state index contributed by atoms with van der Waals surface area (Å²) in [7, 11) is 0. The molecule has 1 unspecified atom stereocenters. The Kier molecular flexibility index (Phi) is 4.48. The molecule has 0 aliphatic carbocycles. The quantitative estimate of drug-likeness (QED) is 0.531. The summed E-state index contributed by atoms with van der Waals surface area (Å²) in [5.74, 6) is 1.91. The number of aliphatic carboxylic acids is 1. The Labute approximate surface area is 85.1 Å². The average Bonchev–Trinajstić information content (AvgIpc) is 2.52. The Morgan fingerprint density at radius 1 is 1.64 bits per heavy atom. The molecule has 1 aliphatic rings. The number of hydrogen-bond donors (Lipinski definition) is 1. The minimum atomic E-state index is -0.696. The smallest absolute Gasteiger partial charge is 0.304 e. The molecule has 1 heterocycles. The Morgan fingerprint density at radius 3 is 3.07 bits per heavy atom. The molecular formula is C11H17NO2. The Hall–Kier alpha value is -1.01. The van der Waals surface area contributed by atoms with Gasteiger partial charge in [-0.25, -0.2) is 0 Å². The molecule has 3 heteroatoms. The SMILES string of the molecule is C#CCCCN1CCCC1CC(=O)O. The highest BCUT2D eigenvalue weighted by Gasteiger charge is 2.25. The topological polar surface area (TPSA) is 40.5 Å². The van der Waals surface area contributed by atoms with Gasteiger partial charge in [0.2, 0.25) is 0 Å². The molecule has 1 atom stereocenters. The fraction of sp³-hybridized carbons (Fsp3) is 0.727. The van der Waals surface area contributed by atoms with Crippen molar-refractivity contribution in [3.63, 3.8) is 0 Å². The molecule has 0 amide bonds. The molecule has 1 aliphatic heterocycles. The summed E-state index contributed by atoms with van der Waals surface area (Å²) in [6.45, 7) is 1.98. The summed E-state index contributed by atoms with van der Waals surface area (Å²) in [6, 6.07) is 0.241. The van der Waals surface area contributed by atoms with Gasteiger partial charge in [0.15, 0.2) is 0 Å². The lowest BCUT2D eigenvalue weighted by Crippen LogP contribution is -2.32. The molecule has 78 valence electrons. The second-order valence-electron chi connectivity index (χ2n) is 3.74. The van der Waals surface area contributed by atoms with Crippen molar-refractivity contribution in [2.24, 2.45) is 0 Å². The van der Waals surface area contributed by atoms with E-state index < -0.39 is 5.97 Å². The molecule has 0 spiro atoms. The van der Waals surface area contributed by atoms with Crippen molar-refractivity contribution in [1.82, 2.24) is 4.90 Å². The van der Waals surface area contributed by atoms with E-state index in [1.165, 1.54) is 0 Å². The molecule has 0 aromatic carbocycles. The first-order valence-corrected chi connectivity index (χ1v) is 5.13. The molecule has 1 rings (SSSR count). The first kappa shape index (κ1) is 11.1. The lowest BCUT2D eigenvalue weighted by Gasteiger charge is -2.22. The fourth-order valence-corrected chi connectivity index (χ4v) is 2.01. The highest BCUT2D eigenvalue weighted by Crippen LogP contribution is 2.20. The zero-order valence-electron chi connectivity index (χ0n) is 8.41. The Morgan fingerprint density at radius 2 is 2.43 bits per heavy atom. The average molecular weight is 195 g/mol. The van der Waals surface area contributed by atoms with Crippen LogP contribution in [0.15, 0.2) is 0 Å². The van der Waals surface area contributed by atoms with E-state index in [1.54, 1.807) is 0 Å². The predicted molar refractivity (Wildman–Crippen MR) is 54.9 cm³/mol. The summed E-state index contributed by atoms with van der Waals surface area (Å²) in [4.78, 5) is 12.8. The van der Waals surface area contributed by atoms with Gasteiger partial charge in [0, 0.05) is 12.5 Å². The highest BCUT2D eigenvalue weighted by atomic mass is 16.4. The van der Waals surface area contributed by atoms with E-state index in [0.29, 0.717) is 0 Å². The number of carboxylic acid groups (broad SMARTS) is 1. The first-order chi connectivity index (χ1) is 6.74. The van der Waals surface area contributed by atoms with E-state index in [4.69, 9.17) is 11.5 Å². The second-order valence-corrected chi connectivity index (χ2v) is 3.74. The van der Waals surface area contributed by atoms with Crippen molar-refractivity contribution in [1.29, 1.82) is 0 Å². The number of carbonyl (C=O) groups is 1. The van der Waals surface area contributed by atoms with Gasteiger partial charge in [-0.2, -0.15) is 0 Å². The van der Waals surface area contributed by atoms with Gasteiger partial charge in [-0.15, -0.1) is 12.3 Å². The Bertz CT molecular complexity index is 232. The van der Waals surface area contributed by atoms with E-state index in [9.17, 15) is 4.79 Å². The van der Waals surface area contributed by atoms with Gasteiger partial charge in [-0.05, 0) is 32.4 Å². The standard InChI is InChI=1S/C11H17NO2/c1-2-3-4-7-12-8-5-6-10(12)9-11(13)14/h1,10H,3-9H2,(H,13,14). The third-order valence-corrected chi connectivity index (χ3v) is 2.68.